The maximum Gasteiger partial charge on any atom is 0.0292 e. The summed E-state index contributed by atoms with van der Waals surface area (Å²) in [4.78, 5) is 0. The van der Waals surface area contributed by atoms with Crippen molar-refractivity contribution < 1.29 is 0 Å². The van der Waals surface area contributed by atoms with Crippen molar-refractivity contribution in [3.8, 4) is 0 Å². The van der Waals surface area contributed by atoms with Gasteiger partial charge in [0.05, 0.1) is 0 Å². The van der Waals surface area contributed by atoms with E-state index in [1.165, 1.54) is 25.0 Å². The van der Waals surface area contributed by atoms with Crippen molar-refractivity contribution in [2.45, 2.75) is 68.7 Å². The lowest BCUT2D eigenvalue weighted by molar-refractivity contribution is 0.431. The smallest absolute Gasteiger partial charge is 0.0292 e. The van der Waals surface area contributed by atoms with Crippen molar-refractivity contribution in [2.75, 3.05) is 5.75 Å². The van der Waals surface area contributed by atoms with Gasteiger partial charge >= 0.3 is 0 Å². The van der Waals surface area contributed by atoms with Crippen molar-refractivity contribution in [3.63, 3.8) is 0 Å². The van der Waals surface area contributed by atoms with Crippen molar-refractivity contribution in [1.82, 2.24) is 0 Å². The molecule has 0 bridgehead atoms. The summed E-state index contributed by atoms with van der Waals surface area (Å²) in [6.45, 7) is 9.29. The third-order valence-electron chi connectivity index (χ3n) is 3.51. The van der Waals surface area contributed by atoms with Crippen LogP contribution in [-0.4, -0.2) is 27.5 Å². The molecule has 0 saturated carbocycles. The molecule has 1 rings (SSSR count). The van der Waals surface area contributed by atoms with E-state index < -0.39 is 0 Å². The van der Waals surface area contributed by atoms with Gasteiger partial charge in [-0.1, -0.05) is 40.5 Å². The van der Waals surface area contributed by atoms with Crippen LogP contribution >= 0.6 is 23.5 Å². The Labute approximate surface area is 110 Å². The van der Waals surface area contributed by atoms with Crippen LogP contribution in [0.5, 0.6) is 0 Å². The Hall–Kier alpha value is 0.660. The number of thioether (sulfide) groups is 2. The van der Waals surface area contributed by atoms with Gasteiger partial charge in [0.2, 0.25) is 0 Å². The van der Waals surface area contributed by atoms with Crippen molar-refractivity contribution in [2.24, 2.45) is 11.7 Å². The summed E-state index contributed by atoms with van der Waals surface area (Å²) in [5.74, 6) is 2.04. The van der Waals surface area contributed by atoms with Crippen LogP contribution in [0.3, 0.4) is 0 Å². The molecular weight excluding hydrogens is 234 g/mol. The highest BCUT2D eigenvalue weighted by molar-refractivity contribution is 8.07. The first-order valence-electron chi connectivity index (χ1n) is 6.57. The molecule has 1 saturated heterocycles. The second-order valence-corrected chi connectivity index (χ2v) is 8.24. The van der Waals surface area contributed by atoms with E-state index in [2.05, 4.69) is 51.2 Å². The quantitative estimate of drug-likeness (QED) is 0.816. The molecule has 0 radical (unpaired) electrons. The summed E-state index contributed by atoms with van der Waals surface area (Å²) < 4.78 is 0. The van der Waals surface area contributed by atoms with Gasteiger partial charge in [-0.25, -0.2) is 0 Å². The van der Waals surface area contributed by atoms with Gasteiger partial charge in [0.25, 0.3) is 0 Å². The largest absolute Gasteiger partial charge is 0.327 e. The Morgan fingerprint density at radius 3 is 2.56 bits per heavy atom. The van der Waals surface area contributed by atoms with Crippen LogP contribution in [0.2, 0.25) is 0 Å². The molecule has 0 aliphatic carbocycles. The van der Waals surface area contributed by atoms with Gasteiger partial charge < -0.3 is 5.73 Å². The minimum Gasteiger partial charge on any atom is -0.327 e. The normalized spacial score (nSPS) is 34.7. The molecule has 0 aromatic rings. The molecule has 96 valence electrons. The van der Waals surface area contributed by atoms with E-state index in [-0.39, 0.29) is 0 Å². The lowest BCUT2D eigenvalue weighted by atomic mass is 9.96. The fourth-order valence-electron chi connectivity index (χ4n) is 2.26. The molecule has 1 heterocycles. The van der Waals surface area contributed by atoms with Crippen LogP contribution in [-0.2, 0) is 0 Å². The van der Waals surface area contributed by atoms with E-state index in [0.717, 1.165) is 16.4 Å². The lowest BCUT2D eigenvalue weighted by Gasteiger charge is -2.35. The van der Waals surface area contributed by atoms with Crippen LogP contribution in [0.25, 0.3) is 0 Å². The summed E-state index contributed by atoms with van der Waals surface area (Å²) in [6, 6.07) is 0.397. The number of nitrogens with two attached hydrogens (primary N) is 1. The zero-order valence-electron chi connectivity index (χ0n) is 11.1. The maximum atomic E-state index is 6.35. The molecule has 0 aromatic carbocycles. The van der Waals surface area contributed by atoms with Crippen LogP contribution < -0.4 is 5.73 Å². The van der Waals surface area contributed by atoms with E-state index in [9.17, 15) is 0 Å². The van der Waals surface area contributed by atoms with Crippen molar-refractivity contribution in [1.29, 1.82) is 0 Å². The highest BCUT2D eigenvalue weighted by Crippen LogP contribution is 2.37. The third-order valence-corrected chi connectivity index (χ3v) is 7.08. The molecule has 16 heavy (non-hydrogen) atoms. The van der Waals surface area contributed by atoms with E-state index >= 15 is 0 Å². The van der Waals surface area contributed by atoms with Crippen LogP contribution in [0.4, 0.5) is 0 Å². The van der Waals surface area contributed by atoms with Gasteiger partial charge in [-0.2, -0.15) is 23.5 Å². The molecule has 1 fully saturated rings. The molecule has 5 unspecified atom stereocenters. The Balaban J connectivity index is 2.33. The SMILES string of the molecule is CCCC(C)CC(N)C1CSC(C)C(C)S1. The molecule has 1 nitrogen and oxygen atoms in total. The molecule has 5 atom stereocenters. The summed E-state index contributed by atoms with van der Waals surface area (Å²) >= 11 is 4.22. The first kappa shape index (κ1) is 14.7. The summed E-state index contributed by atoms with van der Waals surface area (Å²) in [6.07, 6.45) is 3.81. The molecule has 0 aromatic heterocycles. The fraction of sp³-hybridized carbons (Fsp3) is 1.00. The van der Waals surface area contributed by atoms with E-state index in [4.69, 9.17) is 5.73 Å². The highest BCUT2D eigenvalue weighted by Gasteiger charge is 2.29. The Kier molecular flexibility index (Phi) is 6.60. The first-order chi connectivity index (χ1) is 7.54. The number of hydrogen-bond acceptors (Lipinski definition) is 3. The summed E-state index contributed by atoms with van der Waals surface area (Å²) in [5.41, 5.74) is 6.35. The number of hydrogen-bond donors (Lipinski definition) is 1. The predicted octanol–water partition coefficient (Wildman–Crippen LogP) is 3.77. The monoisotopic (exact) mass is 261 g/mol. The van der Waals surface area contributed by atoms with Gasteiger partial charge in [0, 0.05) is 27.5 Å². The summed E-state index contributed by atoms with van der Waals surface area (Å²) in [7, 11) is 0. The van der Waals surface area contributed by atoms with Crippen LogP contribution in [0.15, 0.2) is 0 Å². The third kappa shape index (κ3) is 4.50. The first-order valence-corrected chi connectivity index (χ1v) is 8.56. The fourth-order valence-corrected chi connectivity index (χ4v) is 5.33. The topological polar surface area (TPSA) is 26.0 Å². The van der Waals surface area contributed by atoms with Gasteiger partial charge in [-0.05, 0) is 12.3 Å². The molecule has 1 aliphatic heterocycles. The predicted molar refractivity (Wildman–Crippen MR) is 79.4 cm³/mol. The molecule has 0 spiro atoms. The molecular formula is C13H27NS2. The average Bonchev–Trinajstić information content (AvgIpc) is 2.22. The second-order valence-electron chi connectivity index (χ2n) is 5.21. The Bertz CT molecular complexity index is 198. The Morgan fingerprint density at radius 1 is 1.31 bits per heavy atom. The second kappa shape index (κ2) is 7.17. The summed E-state index contributed by atoms with van der Waals surface area (Å²) in [5, 5.41) is 2.23. The standard InChI is InChI=1S/C13H27NS2/c1-5-6-9(2)7-12(14)13-8-15-10(3)11(4)16-13/h9-13H,5-8,14H2,1-4H3. The van der Waals surface area contributed by atoms with Gasteiger partial charge in [0.1, 0.15) is 0 Å². The van der Waals surface area contributed by atoms with Crippen LogP contribution in [0.1, 0.15) is 47.0 Å². The van der Waals surface area contributed by atoms with E-state index in [1.54, 1.807) is 0 Å². The van der Waals surface area contributed by atoms with Crippen molar-refractivity contribution in [3.05, 3.63) is 0 Å². The lowest BCUT2D eigenvalue weighted by Crippen LogP contribution is -2.40. The highest BCUT2D eigenvalue weighted by atomic mass is 32.2. The van der Waals surface area contributed by atoms with Crippen molar-refractivity contribution >= 4 is 23.5 Å². The van der Waals surface area contributed by atoms with Crippen LogP contribution in [0, 0.1) is 5.92 Å². The number of rotatable bonds is 5. The molecule has 1 aliphatic rings. The van der Waals surface area contributed by atoms with E-state index in [0.29, 0.717) is 11.3 Å². The van der Waals surface area contributed by atoms with Gasteiger partial charge in [0.15, 0.2) is 0 Å². The minimum absolute atomic E-state index is 0.397. The molecule has 0 amide bonds. The maximum absolute atomic E-state index is 6.35. The zero-order chi connectivity index (χ0) is 12.1. The molecule has 3 heteroatoms. The van der Waals surface area contributed by atoms with Gasteiger partial charge in [-0.3, -0.25) is 0 Å². The Morgan fingerprint density at radius 2 is 2.00 bits per heavy atom. The minimum atomic E-state index is 0.397. The average molecular weight is 262 g/mol. The van der Waals surface area contributed by atoms with E-state index in [1.807, 2.05) is 0 Å². The molecule has 2 N–H and O–H groups in total. The zero-order valence-corrected chi connectivity index (χ0v) is 12.7. The van der Waals surface area contributed by atoms with Gasteiger partial charge in [-0.15, -0.1) is 0 Å².